The SMILES string of the molecule is C#CCCCNC(=O)c1cccc(Cl)c1Cl. The molecule has 0 bridgehead atoms. The highest BCUT2D eigenvalue weighted by Gasteiger charge is 2.11. The Kier molecular flexibility index (Phi) is 5.18. The van der Waals surface area contributed by atoms with Gasteiger partial charge in [0.1, 0.15) is 0 Å². The smallest absolute Gasteiger partial charge is 0.252 e. The molecule has 0 atom stereocenters. The molecule has 4 heteroatoms. The van der Waals surface area contributed by atoms with Gasteiger partial charge >= 0.3 is 0 Å². The third kappa shape index (κ3) is 3.44. The van der Waals surface area contributed by atoms with E-state index in [2.05, 4.69) is 11.2 Å². The molecule has 84 valence electrons. The van der Waals surface area contributed by atoms with Crippen molar-refractivity contribution in [2.75, 3.05) is 6.54 Å². The van der Waals surface area contributed by atoms with Crippen molar-refractivity contribution in [1.82, 2.24) is 5.32 Å². The van der Waals surface area contributed by atoms with Gasteiger partial charge in [0.05, 0.1) is 15.6 Å². The molecule has 0 saturated carbocycles. The fraction of sp³-hybridized carbons (Fsp3) is 0.250. The van der Waals surface area contributed by atoms with Crippen molar-refractivity contribution in [3.63, 3.8) is 0 Å². The van der Waals surface area contributed by atoms with Gasteiger partial charge in [-0.3, -0.25) is 4.79 Å². The Morgan fingerprint density at radius 3 is 2.88 bits per heavy atom. The second-order valence-corrected chi connectivity index (χ2v) is 3.95. The summed E-state index contributed by atoms with van der Waals surface area (Å²) in [7, 11) is 0. The van der Waals surface area contributed by atoms with Crippen LogP contribution in [0, 0.1) is 12.3 Å². The maximum atomic E-state index is 11.7. The Morgan fingerprint density at radius 2 is 2.19 bits per heavy atom. The highest BCUT2D eigenvalue weighted by molar-refractivity contribution is 6.43. The quantitative estimate of drug-likeness (QED) is 0.650. The standard InChI is InChI=1S/C12H11Cl2NO/c1-2-3-4-8-15-12(16)9-6-5-7-10(13)11(9)14/h1,5-7H,3-4,8H2,(H,15,16). The number of terminal acetylenes is 1. The highest BCUT2D eigenvalue weighted by Crippen LogP contribution is 2.25. The lowest BCUT2D eigenvalue weighted by Crippen LogP contribution is -2.24. The molecular formula is C12H11Cl2NO. The van der Waals surface area contributed by atoms with E-state index in [1.165, 1.54) is 0 Å². The summed E-state index contributed by atoms with van der Waals surface area (Å²) in [4.78, 5) is 11.7. The van der Waals surface area contributed by atoms with E-state index in [4.69, 9.17) is 29.6 Å². The van der Waals surface area contributed by atoms with Gasteiger partial charge in [0, 0.05) is 13.0 Å². The van der Waals surface area contributed by atoms with Crippen LogP contribution in [-0.2, 0) is 0 Å². The first kappa shape index (κ1) is 12.9. The van der Waals surface area contributed by atoms with Crippen LogP contribution in [0.4, 0.5) is 0 Å². The molecule has 0 saturated heterocycles. The molecule has 0 aromatic heterocycles. The molecular weight excluding hydrogens is 245 g/mol. The number of carbonyl (C=O) groups is 1. The van der Waals surface area contributed by atoms with Gasteiger partial charge in [-0.15, -0.1) is 12.3 Å². The summed E-state index contributed by atoms with van der Waals surface area (Å²) in [5.41, 5.74) is 0.384. The number of hydrogen-bond acceptors (Lipinski definition) is 1. The van der Waals surface area contributed by atoms with E-state index in [1.807, 2.05) is 0 Å². The van der Waals surface area contributed by atoms with Gasteiger partial charge in [-0.25, -0.2) is 0 Å². The van der Waals surface area contributed by atoms with Crippen molar-refractivity contribution >= 4 is 29.1 Å². The minimum absolute atomic E-state index is 0.232. The van der Waals surface area contributed by atoms with Crippen LogP contribution in [0.3, 0.4) is 0 Å². The van der Waals surface area contributed by atoms with E-state index in [-0.39, 0.29) is 10.9 Å². The first-order valence-corrected chi connectivity index (χ1v) is 5.58. The molecule has 1 N–H and O–H groups in total. The topological polar surface area (TPSA) is 29.1 Å². The van der Waals surface area contributed by atoms with E-state index in [0.717, 1.165) is 6.42 Å². The van der Waals surface area contributed by atoms with Gasteiger partial charge < -0.3 is 5.32 Å². The van der Waals surface area contributed by atoms with Crippen molar-refractivity contribution in [2.24, 2.45) is 0 Å². The van der Waals surface area contributed by atoms with E-state index in [9.17, 15) is 4.79 Å². The van der Waals surface area contributed by atoms with Crippen LogP contribution in [0.5, 0.6) is 0 Å². The molecule has 0 spiro atoms. The monoisotopic (exact) mass is 255 g/mol. The molecule has 16 heavy (non-hydrogen) atoms. The summed E-state index contributed by atoms with van der Waals surface area (Å²) in [6.45, 7) is 0.534. The molecule has 0 fully saturated rings. The first-order chi connectivity index (χ1) is 7.66. The van der Waals surface area contributed by atoms with E-state index in [0.29, 0.717) is 23.6 Å². The van der Waals surface area contributed by atoms with Crippen molar-refractivity contribution in [1.29, 1.82) is 0 Å². The third-order valence-corrected chi connectivity index (χ3v) is 2.80. The summed E-state index contributed by atoms with van der Waals surface area (Å²) in [5.74, 6) is 2.27. The molecule has 1 rings (SSSR count). The fourth-order valence-electron chi connectivity index (χ4n) is 1.17. The van der Waals surface area contributed by atoms with Gasteiger partial charge in [-0.2, -0.15) is 0 Å². The van der Waals surface area contributed by atoms with Crippen LogP contribution in [0.15, 0.2) is 18.2 Å². The molecule has 2 nitrogen and oxygen atoms in total. The molecule has 0 radical (unpaired) electrons. The van der Waals surface area contributed by atoms with Crippen LogP contribution in [0.1, 0.15) is 23.2 Å². The van der Waals surface area contributed by atoms with Crippen molar-refractivity contribution in [2.45, 2.75) is 12.8 Å². The number of halogens is 2. The van der Waals surface area contributed by atoms with Crippen LogP contribution in [-0.4, -0.2) is 12.5 Å². The predicted octanol–water partition coefficient (Wildman–Crippen LogP) is 3.14. The minimum atomic E-state index is -0.232. The van der Waals surface area contributed by atoms with Crippen LogP contribution in [0.25, 0.3) is 0 Å². The summed E-state index contributed by atoms with van der Waals surface area (Å²) in [5, 5.41) is 3.37. The molecule has 0 heterocycles. The number of nitrogens with one attached hydrogen (secondary N) is 1. The molecule has 0 aliphatic heterocycles. The molecule has 0 aliphatic carbocycles. The molecule has 1 amide bonds. The Bertz CT molecular complexity index is 424. The second kappa shape index (κ2) is 6.42. The van der Waals surface area contributed by atoms with E-state index >= 15 is 0 Å². The Morgan fingerprint density at radius 1 is 1.44 bits per heavy atom. The summed E-state index contributed by atoms with van der Waals surface area (Å²) in [6, 6.07) is 4.95. The predicted molar refractivity (Wildman–Crippen MR) is 66.9 cm³/mol. The van der Waals surface area contributed by atoms with Crippen LogP contribution < -0.4 is 5.32 Å². The number of benzene rings is 1. The number of unbranched alkanes of at least 4 members (excludes halogenated alkanes) is 1. The van der Waals surface area contributed by atoms with Gasteiger partial charge in [-0.1, -0.05) is 29.3 Å². The van der Waals surface area contributed by atoms with Crippen LogP contribution in [0.2, 0.25) is 10.0 Å². The lowest BCUT2D eigenvalue weighted by Gasteiger charge is -2.06. The zero-order chi connectivity index (χ0) is 12.0. The summed E-state index contributed by atoms with van der Waals surface area (Å²) in [6.07, 6.45) is 6.49. The fourth-order valence-corrected chi connectivity index (χ4v) is 1.55. The van der Waals surface area contributed by atoms with E-state index < -0.39 is 0 Å². The van der Waals surface area contributed by atoms with Gasteiger partial charge in [0.2, 0.25) is 0 Å². The Labute approximate surface area is 105 Å². The van der Waals surface area contributed by atoms with Gasteiger partial charge in [0.25, 0.3) is 5.91 Å². The zero-order valence-electron chi connectivity index (χ0n) is 8.59. The number of amides is 1. The van der Waals surface area contributed by atoms with Gasteiger partial charge in [-0.05, 0) is 18.6 Å². The Balaban J connectivity index is 2.60. The molecule has 0 aliphatic rings. The van der Waals surface area contributed by atoms with Crippen LogP contribution >= 0.6 is 23.2 Å². The number of hydrogen-bond donors (Lipinski definition) is 1. The van der Waals surface area contributed by atoms with Gasteiger partial charge in [0.15, 0.2) is 0 Å². The van der Waals surface area contributed by atoms with Crippen molar-refractivity contribution < 1.29 is 4.79 Å². The Hall–Kier alpha value is -1.17. The minimum Gasteiger partial charge on any atom is -0.352 e. The normalized spacial score (nSPS) is 9.56. The largest absolute Gasteiger partial charge is 0.352 e. The number of rotatable bonds is 4. The molecule has 1 aromatic rings. The first-order valence-electron chi connectivity index (χ1n) is 4.82. The summed E-state index contributed by atoms with van der Waals surface area (Å²) >= 11 is 11.7. The lowest BCUT2D eigenvalue weighted by atomic mass is 10.2. The average molecular weight is 256 g/mol. The van der Waals surface area contributed by atoms with Crippen molar-refractivity contribution in [3.05, 3.63) is 33.8 Å². The maximum absolute atomic E-state index is 11.7. The zero-order valence-corrected chi connectivity index (χ0v) is 10.1. The lowest BCUT2D eigenvalue weighted by molar-refractivity contribution is 0.0953. The van der Waals surface area contributed by atoms with E-state index in [1.54, 1.807) is 18.2 Å². The molecule has 1 aromatic carbocycles. The highest BCUT2D eigenvalue weighted by atomic mass is 35.5. The maximum Gasteiger partial charge on any atom is 0.252 e. The molecule has 0 unspecified atom stereocenters. The second-order valence-electron chi connectivity index (χ2n) is 3.16. The van der Waals surface area contributed by atoms with Crippen molar-refractivity contribution in [3.8, 4) is 12.3 Å². The third-order valence-electron chi connectivity index (χ3n) is 1.98. The summed E-state index contributed by atoms with van der Waals surface area (Å²) < 4.78 is 0. The number of carbonyl (C=O) groups excluding carboxylic acids is 1. The average Bonchev–Trinajstić information content (AvgIpc) is 2.28.